The van der Waals surface area contributed by atoms with Gasteiger partial charge in [-0.05, 0) is 43.4 Å². The molecule has 2 aliphatic rings. The van der Waals surface area contributed by atoms with Crippen LogP contribution < -0.4 is 5.32 Å². The Bertz CT molecular complexity index is 1300. The Morgan fingerprint density at radius 3 is 2.48 bits per heavy atom. The zero-order valence-electron chi connectivity index (χ0n) is 19.3. The van der Waals surface area contributed by atoms with Gasteiger partial charge in [-0.1, -0.05) is 67.1 Å². The van der Waals surface area contributed by atoms with Gasteiger partial charge in [0, 0.05) is 29.3 Å². The maximum atomic E-state index is 13.6. The van der Waals surface area contributed by atoms with Gasteiger partial charge in [-0.2, -0.15) is 0 Å². The number of ketones is 1. The predicted octanol–water partition coefficient (Wildman–Crippen LogP) is 6.06. The highest BCUT2D eigenvalue weighted by Gasteiger charge is 2.47. The predicted molar refractivity (Wildman–Crippen MR) is 134 cm³/mol. The van der Waals surface area contributed by atoms with Crippen molar-refractivity contribution < 1.29 is 9.59 Å². The number of para-hydroxylation sites is 1. The van der Waals surface area contributed by atoms with Gasteiger partial charge in [-0.3, -0.25) is 19.9 Å². The molecule has 1 unspecified atom stereocenters. The first-order chi connectivity index (χ1) is 15.7. The lowest BCUT2D eigenvalue weighted by atomic mass is 9.63. The molecule has 2 atom stereocenters. The van der Waals surface area contributed by atoms with E-state index in [0.717, 1.165) is 33.5 Å². The summed E-state index contributed by atoms with van der Waals surface area (Å²) in [5.74, 6) is -0.831. The number of aliphatic imine (C=N–C) groups is 1. The Hall–Kier alpha value is -3.12. The molecule has 168 valence electrons. The Kier molecular flexibility index (Phi) is 5.28. The lowest BCUT2D eigenvalue weighted by molar-refractivity contribution is -0.124. The number of hydrogen-bond acceptors (Lipinski definition) is 5. The lowest BCUT2D eigenvalue weighted by Gasteiger charge is -2.41. The zero-order valence-corrected chi connectivity index (χ0v) is 20.1. The van der Waals surface area contributed by atoms with Crippen LogP contribution >= 0.6 is 11.3 Å². The minimum Gasteiger partial charge on any atom is -0.299 e. The normalized spacial score (nSPS) is 22.2. The molecule has 2 heterocycles. The third-order valence-corrected chi connectivity index (χ3v) is 7.51. The molecule has 5 rings (SSSR count). The van der Waals surface area contributed by atoms with Crippen LogP contribution in [0.5, 0.6) is 0 Å². The number of allylic oxidation sites excluding steroid dienone is 1. The molecule has 0 saturated heterocycles. The number of carbonyl (C=O) groups is 2. The average molecular weight is 458 g/mol. The van der Waals surface area contributed by atoms with Crippen LogP contribution in [0.3, 0.4) is 0 Å². The van der Waals surface area contributed by atoms with Crippen LogP contribution in [-0.2, 0) is 9.59 Å². The molecular weight excluding hydrogens is 430 g/mol. The smallest absolute Gasteiger partial charge is 0.255 e. The van der Waals surface area contributed by atoms with E-state index in [-0.39, 0.29) is 23.0 Å². The molecule has 2 aromatic carbocycles. The summed E-state index contributed by atoms with van der Waals surface area (Å²) < 4.78 is 1.02. The van der Waals surface area contributed by atoms with Gasteiger partial charge in [0.15, 0.2) is 5.13 Å². The third-order valence-electron chi connectivity index (χ3n) is 6.56. The number of nitrogens with one attached hydrogen (secondary N) is 1. The summed E-state index contributed by atoms with van der Waals surface area (Å²) in [7, 11) is 0. The van der Waals surface area contributed by atoms with E-state index in [4.69, 9.17) is 4.99 Å². The molecule has 1 aliphatic heterocycles. The van der Waals surface area contributed by atoms with Crippen molar-refractivity contribution in [3.05, 3.63) is 70.9 Å². The first-order valence-corrected chi connectivity index (χ1v) is 12.1. The van der Waals surface area contributed by atoms with Crippen molar-refractivity contribution in [2.24, 2.45) is 16.3 Å². The van der Waals surface area contributed by atoms with Crippen LogP contribution in [0.4, 0.5) is 5.13 Å². The number of benzene rings is 2. The van der Waals surface area contributed by atoms with Gasteiger partial charge in [-0.15, -0.1) is 0 Å². The maximum Gasteiger partial charge on any atom is 0.255 e. The largest absolute Gasteiger partial charge is 0.299 e. The SMILES string of the molecule is CC1=C(C(=O)Nc2nc3ccccc3s2)[C@H](c2ccc(C)cc2)C2C(=O)CC(C)(C)CC2=N1. The van der Waals surface area contributed by atoms with Crippen LogP contribution in [0.2, 0.25) is 0 Å². The van der Waals surface area contributed by atoms with Gasteiger partial charge in [-0.25, -0.2) is 4.98 Å². The highest BCUT2D eigenvalue weighted by atomic mass is 32.1. The van der Waals surface area contributed by atoms with Gasteiger partial charge < -0.3 is 0 Å². The van der Waals surface area contributed by atoms with Crippen molar-refractivity contribution >= 4 is 44.1 Å². The van der Waals surface area contributed by atoms with E-state index in [1.165, 1.54) is 11.3 Å². The minimum absolute atomic E-state index is 0.120. The first-order valence-electron chi connectivity index (χ1n) is 11.3. The molecule has 33 heavy (non-hydrogen) atoms. The van der Waals surface area contributed by atoms with Crippen LogP contribution in [0, 0.1) is 18.3 Å². The summed E-state index contributed by atoms with van der Waals surface area (Å²) in [6.45, 7) is 8.13. The number of aromatic nitrogens is 1. The molecule has 1 fully saturated rings. The highest BCUT2D eigenvalue weighted by Crippen LogP contribution is 2.47. The van der Waals surface area contributed by atoms with Crippen molar-refractivity contribution in [3.8, 4) is 0 Å². The molecule has 6 heteroatoms. The molecule has 1 aliphatic carbocycles. The number of Topliss-reactive ketones (excluding diaryl/α,β-unsaturated/α-hetero) is 1. The number of carbonyl (C=O) groups excluding carboxylic acids is 2. The summed E-state index contributed by atoms with van der Waals surface area (Å²) >= 11 is 1.44. The molecule has 5 nitrogen and oxygen atoms in total. The fraction of sp³-hybridized carbons (Fsp3) is 0.333. The molecule has 3 aromatic rings. The van der Waals surface area contributed by atoms with Gasteiger partial charge in [0.25, 0.3) is 5.91 Å². The van der Waals surface area contributed by atoms with Gasteiger partial charge >= 0.3 is 0 Å². The number of thiazole rings is 1. The van der Waals surface area contributed by atoms with Crippen molar-refractivity contribution in [1.82, 2.24) is 4.98 Å². The Morgan fingerprint density at radius 1 is 1.03 bits per heavy atom. The van der Waals surface area contributed by atoms with Crippen molar-refractivity contribution in [1.29, 1.82) is 0 Å². The molecule has 1 saturated carbocycles. The van der Waals surface area contributed by atoms with E-state index in [1.807, 2.05) is 62.4 Å². The van der Waals surface area contributed by atoms with Crippen LogP contribution in [0.15, 0.2) is 64.8 Å². The van der Waals surface area contributed by atoms with Crippen LogP contribution in [-0.4, -0.2) is 22.4 Å². The molecule has 0 bridgehead atoms. The Labute approximate surface area is 197 Å². The number of anilines is 1. The maximum absolute atomic E-state index is 13.6. The summed E-state index contributed by atoms with van der Waals surface area (Å²) in [5, 5.41) is 3.55. The quantitative estimate of drug-likeness (QED) is 0.519. The number of rotatable bonds is 3. The molecule has 1 aromatic heterocycles. The number of aryl methyl sites for hydroxylation is 1. The van der Waals surface area contributed by atoms with Crippen molar-refractivity contribution in [2.45, 2.75) is 46.5 Å². The molecule has 1 N–H and O–H groups in total. The molecular formula is C27H27N3O2S. The van der Waals surface area contributed by atoms with E-state index < -0.39 is 5.92 Å². The molecule has 0 radical (unpaired) electrons. The zero-order chi connectivity index (χ0) is 23.3. The lowest BCUT2D eigenvalue weighted by Crippen LogP contribution is -2.44. The van der Waals surface area contributed by atoms with Gasteiger partial charge in [0.05, 0.1) is 16.1 Å². The van der Waals surface area contributed by atoms with Crippen molar-refractivity contribution in [2.75, 3.05) is 5.32 Å². The summed E-state index contributed by atoms with van der Waals surface area (Å²) in [4.78, 5) is 36.4. The summed E-state index contributed by atoms with van der Waals surface area (Å²) in [5.41, 5.74) is 4.98. The Balaban J connectivity index is 1.58. The minimum atomic E-state index is -0.402. The first kappa shape index (κ1) is 21.7. The van der Waals surface area contributed by atoms with E-state index in [9.17, 15) is 9.59 Å². The molecule has 0 spiro atoms. The number of hydrogen-bond donors (Lipinski definition) is 1. The monoisotopic (exact) mass is 457 g/mol. The molecule has 1 amide bonds. The third kappa shape index (κ3) is 4.04. The summed E-state index contributed by atoms with van der Waals surface area (Å²) in [6.07, 6.45) is 1.25. The summed E-state index contributed by atoms with van der Waals surface area (Å²) in [6, 6.07) is 16.0. The van der Waals surface area contributed by atoms with Crippen LogP contribution in [0.25, 0.3) is 10.2 Å². The van der Waals surface area contributed by atoms with E-state index in [0.29, 0.717) is 22.8 Å². The standard InChI is InChI=1S/C27H27N3O2S/c1-15-9-11-17(12-10-15)23-22(16(2)28-19-13-27(3,4)14-20(31)24(19)23)25(32)30-26-29-18-7-5-6-8-21(18)33-26/h5-12,23-24H,13-14H2,1-4H3,(H,29,30,32)/t23-,24?/m0/s1. The average Bonchev–Trinajstić information content (AvgIpc) is 3.14. The second kappa shape index (κ2) is 8.03. The van der Waals surface area contributed by atoms with E-state index in [1.54, 1.807) is 0 Å². The van der Waals surface area contributed by atoms with Crippen molar-refractivity contribution in [3.63, 3.8) is 0 Å². The topological polar surface area (TPSA) is 71.4 Å². The fourth-order valence-electron chi connectivity index (χ4n) is 5.11. The number of nitrogens with zero attached hydrogens (tertiary/aromatic N) is 2. The van der Waals surface area contributed by atoms with Gasteiger partial charge in [0.1, 0.15) is 5.78 Å². The highest BCUT2D eigenvalue weighted by molar-refractivity contribution is 7.22. The van der Waals surface area contributed by atoms with Crippen LogP contribution in [0.1, 0.15) is 50.7 Å². The second-order valence-corrected chi connectivity index (χ2v) is 10.9. The van der Waals surface area contributed by atoms with E-state index >= 15 is 0 Å². The fourth-order valence-corrected chi connectivity index (χ4v) is 5.97. The van der Waals surface area contributed by atoms with E-state index in [2.05, 4.69) is 24.1 Å². The number of amides is 1. The Morgan fingerprint density at radius 2 is 1.76 bits per heavy atom. The second-order valence-electron chi connectivity index (χ2n) is 9.89. The number of fused-ring (bicyclic) bond motifs is 2. The van der Waals surface area contributed by atoms with Gasteiger partial charge in [0.2, 0.25) is 0 Å².